The molecule has 2 heterocycles. The number of carbonyl (C=O) groups excluding carboxylic acids is 2. The van der Waals surface area contributed by atoms with E-state index in [1.54, 1.807) is 32.1 Å². The molecule has 1 aliphatic heterocycles. The highest BCUT2D eigenvalue weighted by Gasteiger charge is 2.44. The van der Waals surface area contributed by atoms with Crippen LogP contribution in [0.15, 0.2) is 23.1 Å². The van der Waals surface area contributed by atoms with Gasteiger partial charge >= 0.3 is 5.97 Å². The largest absolute Gasteiger partial charge is 0.457 e. The molecule has 0 fully saturated rings. The highest BCUT2D eigenvalue weighted by Crippen LogP contribution is 2.36. The molecular formula is C28H43NO4S. The van der Waals surface area contributed by atoms with Crippen LogP contribution in [0.2, 0.25) is 0 Å². The molecule has 0 amide bonds. The maximum absolute atomic E-state index is 13.4. The van der Waals surface area contributed by atoms with E-state index in [2.05, 4.69) is 31.0 Å². The number of ketones is 1. The van der Waals surface area contributed by atoms with E-state index in [0.717, 1.165) is 35.5 Å². The van der Waals surface area contributed by atoms with Gasteiger partial charge in [-0.05, 0) is 57.1 Å². The van der Waals surface area contributed by atoms with Crippen LogP contribution in [0.25, 0.3) is 6.08 Å². The van der Waals surface area contributed by atoms with E-state index in [4.69, 9.17) is 4.74 Å². The van der Waals surface area contributed by atoms with Crippen LogP contribution in [0, 0.1) is 36.0 Å². The summed E-state index contributed by atoms with van der Waals surface area (Å²) in [4.78, 5) is 31.0. The Labute approximate surface area is 209 Å². The average molecular weight is 490 g/mol. The lowest BCUT2D eigenvalue weighted by atomic mass is 9.68. The lowest BCUT2D eigenvalue weighted by Crippen LogP contribution is -2.47. The summed E-state index contributed by atoms with van der Waals surface area (Å²) in [7, 11) is 0. The maximum Gasteiger partial charge on any atom is 0.311 e. The number of Topliss-reactive ketones (excluding diaryl/α,β-unsaturated/α-hetero) is 1. The summed E-state index contributed by atoms with van der Waals surface area (Å²) in [5.41, 5.74) is 0.697. The Bertz CT molecular complexity index is 900. The van der Waals surface area contributed by atoms with E-state index in [0.29, 0.717) is 12.3 Å². The lowest BCUT2D eigenvalue weighted by Gasteiger charge is -2.37. The average Bonchev–Trinajstić information content (AvgIpc) is 3.20. The molecule has 0 spiro atoms. The molecule has 5 nitrogen and oxygen atoms in total. The quantitative estimate of drug-likeness (QED) is 0.384. The second-order valence-electron chi connectivity index (χ2n) is 10.7. The third kappa shape index (κ3) is 7.11. The topological polar surface area (TPSA) is 76.5 Å². The van der Waals surface area contributed by atoms with Crippen molar-refractivity contribution in [3.05, 3.63) is 33.8 Å². The molecular weight excluding hydrogens is 446 g/mol. The van der Waals surface area contributed by atoms with Crippen molar-refractivity contribution >= 4 is 29.2 Å². The van der Waals surface area contributed by atoms with E-state index in [1.165, 1.54) is 0 Å². The van der Waals surface area contributed by atoms with Gasteiger partial charge in [0, 0.05) is 17.7 Å². The van der Waals surface area contributed by atoms with E-state index < -0.39 is 29.5 Å². The summed E-state index contributed by atoms with van der Waals surface area (Å²) in [6, 6.07) is 0. The molecule has 0 saturated heterocycles. The first-order valence-electron chi connectivity index (χ1n) is 12.5. The fourth-order valence-electron chi connectivity index (χ4n) is 4.72. The van der Waals surface area contributed by atoms with Gasteiger partial charge in [0.1, 0.15) is 11.9 Å². The lowest BCUT2D eigenvalue weighted by molar-refractivity contribution is -0.161. The predicted octanol–water partition coefficient (Wildman–Crippen LogP) is 6.40. The Morgan fingerprint density at radius 3 is 2.47 bits per heavy atom. The van der Waals surface area contributed by atoms with Gasteiger partial charge in [-0.2, -0.15) is 0 Å². The van der Waals surface area contributed by atoms with Crippen molar-refractivity contribution in [2.75, 3.05) is 0 Å². The Morgan fingerprint density at radius 2 is 1.85 bits per heavy atom. The number of hydrogen-bond acceptors (Lipinski definition) is 6. The van der Waals surface area contributed by atoms with E-state index >= 15 is 0 Å². The van der Waals surface area contributed by atoms with Gasteiger partial charge in [-0.25, -0.2) is 4.98 Å². The summed E-state index contributed by atoms with van der Waals surface area (Å²) in [6.45, 7) is 15.3. The van der Waals surface area contributed by atoms with Gasteiger partial charge in [0.2, 0.25) is 0 Å². The van der Waals surface area contributed by atoms with Crippen molar-refractivity contribution in [3.8, 4) is 0 Å². The fourth-order valence-corrected chi connectivity index (χ4v) is 5.29. The molecule has 0 saturated carbocycles. The van der Waals surface area contributed by atoms with Gasteiger partial charge in [-0.1, -0.05) is 53.2 Å². The molecule has 190 valence electrons. The van der Waals surface area contributed by atoms with Crippen LogP contribution >= 0.6 is 11.3 Å². The first-order valence-corrected chi connectivity index (χ1v) is 13.4. The van der Waals surface area contributed by atoms with Crippen LogP contribution in [-0.4, -0.2) is 34.1 Å². The van der Waals surface area contributed by atoms with Crippen molar-refractivity contribution in [2.45, 2.75) is 93.3 Å². The molecule has 0 bridgehead atoms. The third-order valence-corrected chi connectivity index (χ3v) is 8.44. The van der Waals surface area contributed by atoms with Crippen LogP contribution in [0.5, 0.6) is 0 Å². The van der Waals surface area contributed by atoms with Crippen LogP contribution in [0.4, 0.5) is 0 Å². The Hall–Kier alpha value is -1.79. The number of aromatic nitrogens is 1. The summed E-state index contributed by atoms with van der Waals surface area (Å²) in [5.74, 6) is -0.925. The zero-order valence-corrected chi connectivity index (χ0v) is 22.9. The van der Waals surface area contributed by atoms with Crippen LogP contribution in [0.1, 0.15) is 84.9 Å². The van der Waals surface area contributed by atoms with Crippen molar-refractivity contribution in [1.29, 1.82) is 0 Å². The van der Waals surface area contributed by atoms with E-state index in [9.17, 15) is 14.7 Å². The van der Waals surface area contributed by atoms with Crippen molar-refractivity contribution < 1.29 is 19.4 Å². The molecule has 0 aromatic carbocycles. The third-order valence-electron chi connectivity index (χ3n) is 7.65. The molecule has 0 radical (unpaired) electrons. The van der Waals surface area contributed by atoms with E-state index in [1.807, 2.05) is 32.2 Å². The zero-order chi connectivity index (χ0) is 25.6. The SMILES string of the molecule is C/C(=C\c1csc(C)n1)[C@@H]1C/C=C\CCC[C@H](C)[C@H](C)[C@@H](C)C(=O)C(C)(C)[C@@H](O)C(C)C(=O)O1. The fraction of sp³-hybridized carbons (Fsp3) is 0.679. The number of nitrogens with zero attached hydrogens (tertiary/aromatic N) is 1. The minimum atomic E-state index is -1.13. The molecule has 1 aromatic rings. The predicted molar refractivity (Wildman–Crippen MR) is 139 cm³/mol. The maximum atomic E-state index is 13.4. The Kier molecular flexibility index (Phi) is 10.3. The van der Waals surface area contributed by atoms with Gasteiger partial charge in [-0.3, -0.25) is 9.59 Å². The molecule has 1 aliphatic rings. The number of allylic oxidation sites excluding steroid dienone is 1. The second-order valence-corrected chi connectivity index (χ2v) is 11.8. The van der Waals surface area contributed by atoms with Gasteiger partial charge in [0.15, 0.2) is 0 Å². The zero-order valence-electron chi connectivity index (χ0n) is 22.1. The molecule has 34 heavy (non-hydrogen) atoms. The molecule has 1 aromatic heterocycles. The van der Waals surface area contributed by atoms with Crippen LogP contribution in [-0.2, 0) is 14.3 Å². The Morgan fingerprint density at radius 1 is 1.18 bits per heavy atom. The molecule has 1 N–H and O–H groups in total. The molecule has 1 unspecified atom stereocenters. The first kappa shape index (κ1) is 28.4. The molecule has 6 atom stereocenters. The normalized spacial score (nSPS) is 33.4. The molecule has 2 rings (SSSR count). The molecule has 6 heteroatoms. The number of cyclic esters (lactones) is 1. The highest BCUT2D eigenvalue weighted by molar-refractivity contribution is 7.09. The van der Waals surface area contributed by atoms with Gasteiger partial charge in [0.25, 0.3) is 0 Å². The van der Waals surface area contributed by atoms with Gasteiger partial charge in [-0.15, -0.1) is 11.3 Å². The number of esters is 1. The smallest absolute Gasteiger partial charge is 0.311 e. The number of rotatable bonds is 2. The van der Waals surface area contributed by atoms with E-state index in [-0.39, 0.29) is 17.6 Å². The summed E-state index contributed by atoms with van der Waals surface area (Å²) in [5, 5.41) is 14.1. The number of thiazole rings is 1. The minimum absolute atomic E-state index is 0.00230. The highest BCUT2D eigenvalue weighted by atomic mass is 32.1. The second kappa shape index (κ2) is 12.3. The monoisotopic (exact) mass is 489 g/mol. The number of ether oxygens (including phenoxy) is 1. The number of carbonyl (C=O) groups is 2. The summed E-state index contributed by atoms with van der Waals surface area (Å²) >= 11 is 1.58. The van der Waals surface area contributed by atoms with Crippen molar-refractivity contribution in [1.82, 2.24) is 4.98 Å². The van der Waals surface area contributed by atoms with Gasteiger partial charge in [0.05, 0.1) is 28.1 Å². The van der Waals surface area contributed by atoms with Gasteiger partial charge < -0.3 is 9.84 Å². The number of aryl methyl sites for hydroxylation is 1. The standard InChI is InChI=1S/C28H43NO4S/c1-17-13-11-9-10-12-14-24(18(2)15-23-16-34-22(6)29-23)33-27(32)21(5)26(31)28(7,8)25(30)20(4)19(17)3/h10,12,15-17,19-21,24,26,31H,9,11,13-14H2,1-8H3/b12-10-,18-15+/t17-,19-,20+,21?,24-,26-/m0/s1. The van der Waals surface area contributed by atoms with Crippen LogP contribution in [0.3, 0.4) is 0 Å². The Balaban J connectivity index is 2.34. The minimum Gasteiger partial charge on any atom is -0.457 e. The number of aliphatic hydroxyl groups excluding tert-OH is 1. The first-order chi connectivity index (χ1) is 15.9. The summed E-state index contributed by atoms with van der Waals surface area (Å²) < 4.78 is 5.91. The van der Waals surface area contributed by atoms with Crippen molar-refractivity contribution in [3.63, 3.8) is 0 Å². The number of aliphatic hydroxyl groups is 1. The summed E-state index contributed by atoms with van der Waals surface area (Å²) in [6.07, 6.45) is 8.20. The number of hydrogen-bond donors (Lipinski definition) is 1. The van der Waals surface area contributed by atoms with Crippen molar-refractivity contribution in [2.24, 2.45) is 29.1 Å². The molecule has 0 aliphatic carbocycles. The van der Waals surface area contributed by atoms with Crippen LogP contribution < -0.4 is 0 Å².